The zero-order valence-electron chi connectivity index (χ0n) is 7.84. The SMILES string of the molecule is NC(=O)NC(=O)N[C@H]1C[C@H](O)[C@@H](O)CO1. The van der Waals surface area contributed by atoms with Crippen molar-refractivity contribution in [1.82, 2.24) is 10.6 Å². The molecule has 6 N–H and O–H groups in total. The molecular formula is C7H13N3O5. The van der Waals surface area contributed by atoms with E-state index < -0.39 is 30.5 Å². The van der Waals surface area contributed by atoms with Crippen molar-refractivity contribution in [3.63, 3.8) is 0 Å². The van der Waals surface area contributed by atoms with E-state index >= 15 is 0 Å². The third-order valence-corrected chi connectivity index (χ3v) is 1.90. The van der Waals surface area contributed by atoms with E-state index in [0.29, 0.717) is 0 Å². The third-order valence-electron chi connectivity index (χ3n) is 1.90. The second kappa shape index (κ2) is 4.91. The summed E-state index contributed by atoms with van der Waals surface area (Å²) in [6.07, 6.45) is -2.62. The molecule has 0 aromatic rings. The van der Waals surface area contributed by atoms with Gasteiger partial charge in [0.1, 0.15) is 12.3 Å². The summed E-state index contributed by atoms with van der Waals surface area (Å²) in [7, 11) is 0. The first-order chi connectivity index (χ1) is 6.99. The molecule has 1 aliphatic heterocycles. The van der Waals surface area contributed by atoms with Crippen molar-refractivity contribution >= 4 is 12.1 Å². The summed E-state index contributed by atoms with van der Waals surface area (Å²) in [4.78, 5) is 21.3. The second-order valence-electron chi connectivity index (χ2n) is 3.16. The van der Waals surface area contributed by atoms with Crippen molar-refractivity contribution in [3.8, 4) is 0 Å². The fourth-order valence-corrected chi connectivity index (χ4v) is 1.17. The second-order valence-corrected chi connectivity index (χ2v) is 3.16. The number of rotatable bonds is 1. The number of urea groups is 2. The van der Waals surface area contributed by atoms with E-state index in [-0.39, 0.29) is 13.0 Å². The first-order valence-corrected chi connectivity index (χ1v) is 4.33. The number of aliphatic hydroxyl groups is 2. The molecule has 1 saturated heterocycles. The Morgan fingerprint density at radius 2 is 2.00 bits per heavy atom. The molecule has 3 atom stereocenters. The molecule has 8 heteroatoms. The number of aliphatic hydroxyl groups excluding tert-OH is 2. The standard InChI is InChI=1S/C7H13N3O5/c8-6(13)10-7(14)9-5-1-3(11)4(12)2-15-5/h3-5,11-12H,1-2H2,(H4,8,9,10,13,14)/t3-,4-,5+/m0/s1. The van der Waals surface area contributed by atoms with E-state index in [2.05, 4.69) is 5.32 Å². The average Bonchev–Trinajstić information content (AvgIpc) is 2.10. The van der Waals surface area contributed by atoms with E-state index in [1.54, 1.807) is 5.32 Å². The first-order valence-electron chi connectivity index (χ1n) is 4.33. The number of nitrogens with one attached hydrogen (secondary N) is 2. The average molecular weight is 219 g/mol. The molecule has 8 nitrogen and oxygen atoms in total. The van der Waals surface area contributed by atoms with Crippen LogP contribution in [0.15, 0.2) is 0 Å². The number of primary amides is 1. The van der Waals surface area contributed by atoms with Gasteiger partial charge in [0.05, 0.1) is 12.7 Å². The van der Waals surface area contributed by atoms with Gasteiger partial charge in [-0.25, -0.2) is 9.59 Å². The topological polar surface area (TPSA) is 134 Å². The highest BCUT2D eigenvalue weighted by molar-refractivity contribution is 5.92. The normalized spacial score (nSPS) is 30.7. The highest BCUT2D eigenvalue weighted by Crippen LogP contribution is 2.12. The number of carbonyl (C=O) groups is 2. The number of ether oxygens (including phenoxy) is 1. The fraction of sp³-hybridized carbons (Fsp3) is 0.714. The maximum absolute atomic E-state index is 11.0. The quantitative estimate of drug-likeness (QED) is 0.342. The molecular weight excluding hydrogens is 206 g/mol. The summed E-state index contributed by atoms with van der Waals surface area (Å²) in [5.41, 5.74) is 4.71. The van der Waals surface area contributed by atoms with Crippen LogP contribution in [0.2, 0.25) is 0 Å². The van der Waals surface area contributed by atoms with Gasteiger partial charge in [-0.05, 0) is 0 Å². The summed E-state index contributed by atoms with van der Waals surface area (Å²) in [5.74, 6) is 0. The van der Waals surface area contributed by atoms with Crippen molar-refractivity contribution in [2.24, 2.45) is 5.73 Å². The van der Waals surface area contributed by atoms with Gasteiger partial charge in [0.25, 0.3) is 0 Å². The van der Waals surface area contributed by atoms with Crippen LogP contribution in [0.25, 0.3) is 0 Å². The molecule has 0 saturated carbocycles. The van der Waals surface area contributed by atoms with Crippen LogP contribution in [0.5, 0.6) is 0 Å². The van der Waals surface area contributed by atoms with Crippen LogP contribution in [-0.2, 0) is 4.74 Å². The van der Waals surface area contributed by atoms with Gasteiger partial charge in [-0.2, -0.15) is 0 Å². The Bertz CT molecular complexity index is 259. The molecule has 0 bridgehead atoms. The van der Waals surface area contributed by atoms with Gasteiger partial charge in [0, 0.05) is 6.42 Å². The van der Waals surface area contributed by atoms with E-state index in [9.17, 15) is 14.7 Å². The molecule has 0 radical (unpaired) electrons. The van der Waals surface area contributed by atoms with E-state index in [4.69, 9.17) is 15.6 Å². The lowest BCUT2D eigenvalue weighted by molar-refractivity contribution is -0.125. The number of hydrogen-bond donors (Lipinski definition) is 5. The Balaban J connectivity index is 2.33. The monoisotopic (exact) mass is 219 g/mol. The molecule has 4 amide bonds. The zero-order valence-corrected chi connectivity index (χ0v) is 7.84. The predicted octanol–water partition coefficient (Wildman–Crippen LogP) is -2.17. The Morgan fingerprint density at radius 3 is 2.53 bits per heavy atom. The molecule has 0 unspecified atom stereocenters. The van der Waals surface area contributed by atoms with Gasteiger partial charge >= 0.3 is 12.1 Å². The minimum atomic E-state index is -0.983. The Morgan fingerprint density at radius 1 is 1.33 bits per heavy atom. The molecule has 1 fully saturated rings. The first kappa shape index (κ1) is 11.7. The van der Waals surface area contributed by atoms with Gasteiger partial charge in [-0.15, -0.1) is 0 Å². The molecule has 0 aromatic carbocycles. The largest absolute Gasteiger partial charge is 0.390 e. The Kier molecular flexibility index (Phi) is 3.83. The van der Waals surface area contributed by atoms with E-state index in [1.807, 2.05) is 0 Å². The highest BCUT2D eigenvalue weighted by Gasteiger charge is 2.29. The maximum atomic E-state index is 11.0. The fourth-order valence-electron chi connectivity index (χ4n) is 1.17. The molecule has 1 aliphatic rings. The number of imide groups is 1. The van der Waals surface area contributed by atoms with Crippen LogP contribution >= 0.6 is 0 Å². The summed E-state index contributed by atoms with van der Waals surface area (Å²) in [6.45, 7) is -0.0807. The number of amides is 4. The molecule has 86 valence electrons. The summed E-state index contributed by atoms with van der Waals surface area (Å²) in [6, 6.07) is -1.79. The van der Waals surface area contributed by atoms with Crippen molar-refractivity contribution < 1.29 is 24.5 Å². The minimum absolute atomic E-state index is 0.0490. The van der Waals surface area contributed by atoms with Crippen LogP contribution in [0.3, 0.4) is 0 Å². The van der Waals surface area contributed by atoms with Crippen LogP contribution in [0, 0.1) is 0 Å². The summed E-state index contributed by atoms with van der Waals surface area (Å²) in [5, 5.41) is 22.4. The van der Waals surface area contributed by atoms with Gasteiger partial charge in [-0.1, -0.05) is 0 Å². The van der Waals surface area contributed by atoms with Crippen LogP contribution < -0.4 is 16.4 Å². The van der Waals surface area contributed by atoms with Crippen LogP contribution in [0.1, 0.15) is 6.42 Å². The number of hydrogen-bond acceptors (Lipinski definition) is 5. The molecule has 0 aromatic heterocycles. The lowest BCUT2D eigenvalue weighted by atomic mass is 10.1. The van der Waals surface area contributed by atoms with Gasteiger partial charge in [0.15, 0.2) is 0 Å². The molecule has 1 heterocycles. The molecule has 0 aliphatic carbocycles. The predicted molar refractivity (Wildman–Crippen MR) is 47.6 cm³/mol. The molecule has 0 spiro atoms. The number of nitrogens with two attached hydrogens (primary N) is 1. The maximum Gasteiger partial charge on any atom is 0.324 e. The van der Waals surface area contributed by atoms with Gasteiger partial charge in [-0.3, -0.25) is 5.32 Å². The van der Waals surface area contributed by atoms with Crippen LogP contribution in [0.4, 0.5) is 9.59 Å². The highest BCUT2D eigenvalue weighted by atomic mass is 16.5. The molecule has 15 heavy (non-hydrogen) atoms. The lowest BCUT2D eigenvalue weighted by Gasteiger charge is -2.30. The van der Waals surface area contributed by atoms with Crippen LogP contribution in [-0.4, -0.2) is 47.3 Å². The molecule has 1 rings (SSSR count). The van der Waals surface area contributed by atoms with Gasteiger partial charge in [0.2, 0.25) is 0 Å². The van der Waals surface area contributed by atoms with E-state index in [1.165, 1.54) is 0 Å². The smallest absolute Gasteiger partial charge is 0.324 e. The summed E-state index contributed by atoms with van der Waals surface area (Å²) < 4.78 is 4.98. The Hall–Kier alpha value is -1.38. The van der Waals surface area contributed by atoms with Gasteiger partial charge < -0.3 is 26.0 Å². The minimum Gasteiger partial charge on any atom is -0.390 e. The summed E-state index contributed by atoms with van der Waals surface area (Å²) >= 11 is 0. The lowest BCUT2D eigenvalue weighted by Crippen LogP contribution is -2.52. The zero-order chi connectivity index (χ0) is 11.4. The van der Waals surface area contributed by atoms with E-state index in [0.717, 1.165) is 0 Å². The van der Waals surface area contributed by atoms with Crippen molar-refractivity contribution in [1.29, 1.82) is 0 Å². The third kappa shape index (κ3) is 3.70. The van der Waals surface area contributed by atoms with Crippen molar-refractivity contribution in [2.45, 2.75) is 24.9 Å². The van der Waals surface area contributed by atoms with Crippen molar-refractivity contribution in [3.05, 3.63) is 0 Å². The Labute approximate surface area is 85.4 Å². The van der Waals surface area contributed by atoms with Crippen molar-refractivity contribution in [2.75, 3.05) is 6.61 Å². The number of carbonyl (C=O) groups excluding carboxylic acids is 2.